The van der Waals surface area contributed by atoms with E-state index in [1.165, 1.54) is 30.3 Å². The summed E-state index contributed by atoms with van der Waals surface area (Å²) >= 11 is 24.5. The number of nitrogens with one attached hydrogen (secondary N) is 1. The Hall–Kier alpha value is -1.80. The van der Waals surface area contributed by atoms with Gasteiger partial charge in [0.15, 0.2) is 0 Å². The largest absolute Gasteiger partial charge is 0.325 e. The summed E-state index contributed by atoms with van der Waals surface area (Å²) < 4.78 is 27.8. The van der Waals surface area contributed by atoms with Crippen LogP contribution in [-0.2, 0) is 21.4 Å². The molecule has 0 aliphatic carbocycles. The highest BCUT2D eigenvalue weighted by atomic mass is 35.5. The van der Waals surface area contributed by atoms with Crippen molar-refractivity contribution >= 4 is 68.0 Å². The summed E-state index contributed by atoms with van der Waals surface area (Å²) in [6, 6.07) is 15.7. The van der Waals surface area contributed by atoms with Crippen molar-refractivity contribution in [3.05, 3.63) is 91.9 Å². The van der Waals surface area contributed by atoms with E-state index in [2.05, 4.69) is 5.32 Å². The van der Waals surface area contributed by atoms with Gasteiger partial charge >= 0.3 is 0 Å². The van der Waals surface area contributed by atoms with Crippen LogP contribution >= 0.6 is 46.4 Å². The summed E-state index contributed by atoms with van der Waals surface area (Å²) in [4.78, 5) is 12.8. The lowest BCUT2D eigenvalue weighted by Gasteiger charge is -2.23. The van der Waals surface area contributed by atoms with Gasteiger partial charge in [0.05, 0.1) is 11.4 Å². The van der Waals surface area contributed by atoms with Crippen LogP contribution in [0.3, 0.4) is 0 Å². The second kappa shape index (κ2) is 10.4. The van der Waals surface area contributed by atoms with Crippen LogP contribution in [0.1, 0.15) is 11.1 Å². The van der Waals surface area contributed by atoms with E-state index in [0.29, 0.717) is 31.3 Å². The Morgan fingerprint density at radius 3 is 2.03 bits per heavy atom. The van der Waals surface area contributed by atoms with Gasteiger partial charge in [-0.15, -0.1) is 0 Å². The number of hydrogen-bond acceptors (Lipinski definition) is 3. The van der Waals surface area contributed by atoms with Gasteiger partial charge in [-0.3, -0.25) is 4.79 Å². The van der Waals surface area contributed by atoms with Crippen LogP contribution in [0.4, 0.5) is 5.69 Å². The predicted molar refractivity (Wildman–Crippen MR) is 130 cm³/mol. The highest BCUT2D eigenvalue weighted by Gasteiger charge is 2.28. The lowest BCUT2D eigenvalue weighted by Crippen LogP contribution is -2.37. The van der Waals surface area contributed by atoms with E-state index in [1.807, 2.05) is 6.92 Å². The lowest BCUT2D eigenvalue weighted by atomic mass is 10.2. The van der Waals surface area contributed by atoms with Crippen LogP contribution in [0, 0.1) is 6.92 Å². The molecule has 0 aliphatic heterocycles. The highest BCUT2D eigenvalue weighted by Crippen LogP contribution is 2.28. The number of carbonyl (C=O) groups is 1. The number of halogens is 4. The number of aryl methyl sites for hydroxylation is 1. The maximum atomic E-state index is 13.4. The van der Waals surface area contributed by atoms with E-state index in [9.17, 15) is 13.2 Å². The normalized spacial score (nSPS) is 11.6. The Balaban J connectivity index is 1.94. The number of benzene rings is 3. The molecule has 0 radical (unpaired) electrons. The summed E-state index contributed by atoms with van der Waals surface area (Å²) in [6.45, 7) is 1.17. The van der Waals surface area contributed by atoms with Gasteiger partial charge in [-0.1, -0.05) is 70.2 Å². The van der Waals surface area contributed by atoms with Crippen molar-refractivity contribution in [3.8, 4) is 0 Å². The zero-order valence-corrected chi connectivity index (χ0v) is 20.6. The number of sulfonamides is 1. The molecule has 168 valence electrons. The Morgan fingerprint density at radius 2 is 1.47 bits per heavy atom. The summed E-state index contributed by atoms with van der Waals surface area (Å²) in [7, 11) is -4.05. The molecule has 0 fully saturated rings. The fourth-order valence-electron chi connectivity index (χ4n) is 2.93. The van der Waals surface area contributed by atoms with Gasteiger partial charge in [0.1, 0.15) is 0 Å². The van der Waals surface area contributed by atoms with Crippen molar-refractivity contribution in [1.82, 2.24) is 4.31 Å². The Kier molecular flexibility index (Phi) is 8.09. The van der Waals surface area contributed by atoms with E-state index in [1.54, 1.807) is 30.3 Å². The molecule has 3 aromatic rings. The van der Waals surface area contributed by atoms with Crippen molar-refractivity contribution in [2.45, 2.75) is 18.4 Å². The zero-order valence-electron chi connectivity index (χ0n) is 16.8. The summed E-state index contributed by atoms with van der Waals surface area (Å²) in [5.41, 5.74) is 1.64. The van der Waals surface area contributed by atoms with Gasteiger partial charge in [0, 0.05) is 37.9 Å². The summed E-state index contributed by atoms with van der Waals surface area (Å²) in [6.07, 6.45) is 0. The molecule has 0 bridgehead atoms. The molecule has 0 atom stereocenters. The van der Waals surface area contributed by atoms with Crippen LogP contribution < -0.4 is 5.32 Å². The molecule has 0 unspecified atom stereocenters. The third-order valence-electron chi connectivity index (χ3n) is 4.52. The number of rotatable bonds is 7. The average molecular weight is 532 g/mol. The number of anilines is 1. The molecule has 0 aromatic heterocycles. The molecule has 1 N–H and O–H groups in total. The second-order valence-electron chi connectivity index (χ2n) is 6.99. The maximum Gasteiger partial charge on any atom is 0.243 e. The number of nitrogens with zero attached hydrogens (tertiary/aromatic N) is 1. The average Bonchev–Trinajstić information content (AvgIpc) is 2.69. The van der Waals surface area contributed by atoms with Gasteiger partial charge in [-0.2, -0.15) is 4.31 Å². The van der Waals surface area contributed by atoms with Crippen LogP contribution in [0.25, 0.3) is 0 Å². The molecule has 0 saturated carbocycles. The minimum absolute atomic E-state index is 0.0462. The number of carbonyl (C=O) groups excluding carboxylic acids is 1. The molecular weight excluding hydrogens is 514 g/mol. The Bertz CT molecular complexity index is 1210. The maximum absolute atomic E-state index is 13.4. The highest BCUT2D eigenvalue weighted by molar-refractivity contribution is 7.89. The molecule has 0 aliphatic rings. The van der Waals surface area contributed by atoms with Crippen LogP contribution in [0.5, 0.6) is 0 Å². The standard InChI is InChI=1S/C22H18Cl4N2O3S/c1-14-5-7-18(8-6-14)32(30,31)28(12-19-20(25)3-2-4-21(19)26)13-22(29)27-17-10-15(23)9-16(24)11-17/h2-11H,12-13H2,1H3,(H,27,29). The van der Waals surface area contributed by atoms with E-state index in [-0.39, 0.29) is 11.4 Å². The number of hydrogen-bond donors (Lipinski definition) is 1. The van der Waals surface area contributed by atoms with E-state index < -0.39 is 22.5 Å². The minimum Gasteiger partial charge on any atom is -0.325 e. The lowest BCUT2D eigenvalue weighted by molar-refractivity contribution is -0.116. The molecule has 0 heterocycles. The molecule has 32 heavy (non-hydrogen) atoms. The van der Waals surface area contributed by atoms with Crippen molar-refractivity contribution in [2.24, 2.45) is 0 Å². The third-order valence-corrected chi connectivity index (χ3v) is 7.47. The second-order valence-corrected chi connectivity index (χ2v) is 10.6. The van der Waals surface area contributed by atoms with Crippen LogP contribution in [0.15, 0.2) is 65.6 Å². The fraction of sp³-hybridized carbons (Fsp3) is 0.136. The van der Waals surface area contributed by atoms with Gasteiger partial charge in [0.2, 0.25) is 15.9 Å². The SMILES string of the molecule is Cc1ccc(S(=O)(=O)N(CC(=O)Nc2cc(Cl)cc(Cl)c2)Cc2c(Cl)cccc2Cl)cc1. The molecule has 0 spiro atoms. The van der Waals surface area contributed by atoms with Crippen molar-refractivity contribution < 1.29 is 13.2 Å². The minimum atomic E-state index is -4.05. The third kappa shape index (κ3) is 6.16. The molecule has 3 rings (SSSR count). The van der Waals surface area contributed by atoms with E-state index in [0.717, 1.165) is 9.87 Å². The quantitative estimate of drug-likeness (QED) is 0.381. The molecule has 10 heteroatoms. The first kappa shape index (κ1) is 24.8. The smallest absolute Gasteiger partial charge is 0.243 e. The van der Waals surface area contributed by atoms with Gasteiger partial charge < -0.3 is 5.32 Å². The topological polar surface area (TPSA) is 66.5 Å². The first-order chi connectivity index (χ1) is 15.1. The van der Waals surface area contributed by atoms with Crippen molar-refractivity contribution in [2.75, 3.05) is 11.9 Å². The first-order valence-corrected chi connectivity index (χ1v) is 12.3. The van der Waals surface area contributed by atoms with Crippen LogP contribution in [0.2, 0.25) is 20.1 Å². The van der Waals surface area contributed by atoms with E-state index in [4.69, 9.17) is 46.4 Å². The Labute approximate surface area is 206 Å². The fourth-order valence-corrected chi connectivity index (χ4v) is 5.34. The molecule has 0 saturated heterocycles. The van der Waals surface area contributed by atoms with Gasteiger partial charge in [-0.05, 0) is 49.4 Å². The monoisotopic (exact) mass is 530 g/mol. The molecule has 1 amide bonds. The predicted octanol–water partition coefficient (Wildman–Crippen LogP) is 6.44. The zero-order chi connectivity index (χ0) is 23.5. The summed E-state index contributed by atoms with van der Waals surface area (Å²) in [5.74, 6) is -0.581. The van der Waals surface area contributed by atoms with Crippen LogP contribution in [-0.4, -0.2) is 25.2 Å². The van der Waals surface area contributed by atoms with Gasteiger partial charge in [0.25, 0.3) is 0 Å². The Morgan fingerprint density at radius 1 is 0.906 bits per heavy atom. The van der Waals surface area contributed by atoms with E-state index >= 15 is 0 Å². The number of amides is 1. The van der Waals surface area contributed by atoms with Crippen molar-refractivity contribution in [3.63, 3.8) is 0 Å². The molecule has 5 nitrogen and oxygen atoms in total. The van der Waals surface area contributed by atoms with Crippen molar-refractivity contribution in [1.29, 1.82) is 0 Å². The first-order valence-electron chi connectivity index (χ1n) is 9.32. The molecule has 3 aromatic carbocycles. The summed E-state index contributed by atoms with van der Waals surface area (Å²) in [5, 5.41) is 3.88. The molecular formula is C22H18Cl4N2O3S. The van der Waals surface area contributed by atoms with Gasteiger partial charge in [-0.25, -0.2) is 8.42 Å².